The summed E-state index contributed by atoms with van der Waals surface area (Å²) in [7, 11) is 0. The summed E-state index contributed by atoms with van der Waals surface area (Å²) in [6.07, 6.45) is 1.88. The van der Waals surface area contributed by atoms with Crippen LogP contribution in [0.3, 0.4) is 0 Å². The van der Waals surface area contributed by atoms with Crippen molar-refractivity contribution in [2.45, 2.75) is 46.2 Å². The van der Waals surface area contributed by atoms with Crippen LogP contribution in [-0.4, -0.2) is 37.5 Å². The Morgan fingerprint density at radius 3 is 2.92 bits per heavy atom. The summed E-state index contributed by atoms with van der Waals surface area (Å²) < 4.78 is 13.4. The molecule has 0 N–H and O–H groups in total. The third kappa shape index (κ3) is 4.00. The minimum absolute atomic E-state index is 0.0338. The van der Waals surface area contributed by atoms with Gasteiger partial charge < -0.3 is 9.26 Å². The van der Waals surface area contributed by atoms with E-state index in [1.165, 1.54) is 5.69 Å². The second kappa shape index (κ2) is 7.39. The first kappa shape index (κ1) is 16.9. The van der Waals surface area contributed by atoms with E-state index in [0.29, 0.717) is 6.61 Å². The summed E-state index contributed by atoms with van der Waals surface area (Å²) in [6, 6.07) is 10.0. The van der Waals surface area contributed by atoms with Crippen molar-refractivity contribution in [1.29, 1.82) is 0 Å². The molecule has 0 aromatic carbocycles. The van der Waals surface area contributed by atoms with Gasteiger partial charge in [-0.25, -0.2) is 0 Å². The Morgan fingerprint density at radius 2 is 2.12 bits per heavy atom. The number of hydrogen-bond acceptors (Lipinski definition) is 6. The van der Waals surface area contributed by atoms with Crippen LogP contribution in [-0.2, 0) is 31.0 Å². The van der Waals surface area contributed by atoms with Gasteiger partial charge in [0.15, 0.2) is 0 Å². The zero-order valence-electron chi connectivity index (χ0n) is 15.1. The molecule has 0 spiro atoms. The van der Waals surface area contributed by atoms with Gasteiger partial charge in [-0.3, -0.25) is 14.6 Å². The Labute approximate surface area is 152 Å². The number of aromatic nitrogens is 4. The van der Waals surface area contributed by atoms with E-state index in [0.717, 1.165) is 49.0 Å². The van der Waals surface area contributed by atoms with Gasteiger partial charge in [0.1, 0.15) is 5.76 Å². The lowest BCUT2D eigenvalue weighted by atomic mass is 10.3. The molecular weight excluding hydrogens is 330 g/mol. The Bertz CT molecular complexity index is 872. The summed E-state index contributed by atoms with van der Waals surface area (Å²) in [5, 5.41) is 8.56. The summed E-state index contributed by atoms with van der Waals surface area (Å²) in [6.45, 7) is 7.49. The minimum Gasteiger partial charge on any atom is -0.369 e. The predicted molar refractivity (Wildman–Crippen MR) is 95.1 cm³/mol. The van der Waals surface area contributed by atoms with Crippen LogP contribution in [0.15, 0.2) is 41.1 Å². The van der Waals surface area contributed by atoms with Gasteiger partial charge in [-0.15, -0.1) is 0 Å². The van der Waals surface area contributed by atoms with Crippen LogP contribution in [0.25, 0.3) is 0 Å². The van der Waals surface area contributed by atoms with Crippen LogP contribution in [0, 0.1) is 13.8 Å². The van der Waals surface area contributed by atoms with Crippen molar-refractivity contribution in [3.05, 3.63) is 65.1 Å². The van der Waals surface area contributed by atoms with Crippen LogP contribution in [0.1, 0.15) is 28.5 Å². The molecule has 136 valence electrons. The molecule has 0 saturated heterocycles. The summed E-state index contributed by atoms with van der Waals surface area (Å²) in [5.74, 6) is 0.832. The van der Waals surface area contributed by atoms with E-state index in [-0.39, 0.29) is 6.10 Å². The second-order valence-electron chi connectivity index (χ2n) is 6.81. The van der Waals surface area contributed by atoms with Crippen LogP contribution in [0.5, 0.6) is 0 Å². The van der Waals surface area contributed by atoms with E-state index < -0.39 is 0 Å². The van der Waals surface area contributed by atoms with Gasteiger partial charge in [0.25, 0.3) is 0 Å². The van der Waals surface area contributed by atoms with E-state index in [9.17, 15) is 0 Å². The van der Waals surface area contributed by atoms with Gasteiger partial charge in [-0.1, -0.05) is 11.2 Å². The van der Waals surface area contributed by atoms with Crippen molar-refractivity contribution >= 4 is 0 Å². The lowest BCUT2D eigenvalue weighted by Crippen LogP contribution is -2.33. The maximum Gasteiger partial charge on any atom is 0.133 e. The molecule has 7 nitrogen and oxygen atoms in total. The van der Waals surface area contributed by atoms with Crippen LogP contribution in [0.2, 0.25) is 0 Å². The average Bonchev–Trinajstić information content (AvgIpc) is 3.18. The summed E-state index contributed by atoms with van der Waals surface area (Å²) >= 11 is 0. The highest BCUT2D eigenvalue weighted by atomic mass is 16.5. The Balaban J connectivity index is 1.47. The lowest BCUT2D eigenvalue weighted by molar-refractivity contribution is 0.00539. The van der Waals surface area contributed by atoms with E-state index in [1.807, 2.05) is 49.0 Å². The maximum atomic E-state index is 6.19. The maximum absolute atomic E-state index is 6.19. The Hall–Kier alpha value is -2.51. The smallest absolute Gasteiger partial charge is 0.133 e. The zero-order valence-corrected chi connectivity index (χ0v) is 15.1. The van der Waals surface area contributed by atoms with Gasteiger partial charge in [0, 0.05) is 37.6 Å². The number of aryl methyl sites for hydroxylation is 2. The van der Waals surface area contributed by atoms with Crippen molar-refractivity contribution < 1.29 is 9.26 Å². The molecule has 1 aliphatic rings. The first-order chi connectivity index (χ1) is 12.7. The Morgan fingerprint density at radius 1 is 1.19 bits per heavy atom. The Kier molecular flexibility index (Phi) is 4.81. The number of fused-ring (bicyclic) bond motifs is 1. The molecule has 0 unspecified atom stereocenters. The SMILES string of the molecule is Cc1cccc(CO[C@@H]2CN(Cc3cc(C)on3)Cc3ccnn3C2)n1. The van der Waals surface area contributed by atoms with Crippen molar-refractivity contribution in [3.8, 4) is 0 Å². The van der Waals surface area contributed by atoms with Crippen LogP contribution >= 0.6 is 0 Å². The molecule has 0 amide bonds. The highest BCUT2D eigenvalue weighted by Gasteiger charge is 2.23. The molecule has 7 heteroatoms. The number of pyridine rings is 1. The molecule has 1 atom stereocenters. The van der Waals surface area contributed by atoms with Crippen LogP contribution in [0.4, 0.5) is 0 Å². The molecule has 4 rings (SSSR count). The summed E-state index contributed by atoms with van der Waals surface area (Å²) in [5.41, 5.74) is 4.08. The van der Waals surface area contributed by atoms with Gasteiger partial charge in [-0.05, 0) is 32.0 Å². The number of nitrogens with zero attached hydrogens (tertiary/aromatic N) is 5. The second-order valence-corrected chi connectivity index (χ2v) is 6.81. The molecule has 26 heavy (non-hydrogen) atoms. The third-order valence-electron chi connectivity index (χ3n) is 4.50. The standard InChI is InChI=1S/C19H23N5O2/c1-14-4-3-5-16(21-14)13-25-19-11-23(9-17-8-15(2)26-22-17)10-18-6-7-20-24(18)12-19/h3-8,19H,9-13H2,1-2H3/t19-/m1/s1. The molecule has 0 fully saturated rings. The number of ether oxygens (including phenoxy) is 1. The van der Waals surface area contributed by atoms with Crippen molar-refractivity contribution in [3.63, 3.8) is 0 Å². The molecule has 0 aliphatic carbocycles. The molecule has 0 radical (unpaired) electrons. The molecule has 0 bridgehead atoms. The fraction of sp³-hybridized carbons (Fsp3) is 0.421. The molecular formula is C19H23N5O2. The lowest BCUT2D eigenvalue weighted by Gasteiger charge is -2.23. The van der Waals surface area contributed by atoms with Crippen molar-refractivity contribution in [2.24, 2.45) is 0 Å². The normalized spacial score (nSPS) is 17.8. The largest absolute Gasteiger partial charge is 0.369 e. The molecule has 4 heterocycles. The fourth-order valence-electron chi connectivity index (χ4n) is 3.32. The minimum atomic E-state index is 0.0338. The van der Waals surface area contributed by atoms with E-state index in [4.69, 9.17) is 9.26 Å². The third-order valence-corrected chi connectivity index (χ3v) is 4.50. The van der Waals surface area contributed by atoms with Crippen molar-refractivity contribution in [1.82, 2.24) is 24.8 Å². The van der Waals surface area contributed by atoms with E-state index >= 15 is 0 Å². The van der Waals surface area contributed by atoms with Gasteiger partial charge >= 0.3 is 0 Å². The van der Waals surface area contributed by atoms with E-state index in [2.05, 4.69) is 26.2 Å². The van der Waals surface area contributed by atoms with Gasteiger partial charge in [-0.2, -0.15) is 5.10 Å². The van der Waals surface area contributed by atoms with Crippen LogP contribution < -0.4 is 0 Å². The topological polar surface area (TPSA) is 69.2 Å². The zero-order chi connectivity index (χ0) is 17.9. The summed E-state index contributed by atoms with van der Waals surface area (Å²) in [4.78, 5) is 6.85. The quantitative estimate of drug-likeness (QED) is 0.702. The first-order valence-corrected chi connectivity index (χ1v) is 8.85. The van der Waals surface area contributed by atoms with Gasteiger partial charge in [0.2, 0.25) is 0 Å². The number of hydrogen-bond donors (Lipinski definition) is 0. The van der Waals surface area contributed by atoms with E-state index in [1.54, 1.807) is 0 Å². The predicted octanol–water partition coefficient (Wildman–Crippen LogP) is 2.48. The average molecular weight is 353 g/mol. The molecule has 0 saturated carbocycles. The van der Waals surface area contributed by atoms with Crippen molar-refractivity contribution in [2.75, 3.05) is 6.54 Å². The monoisotopic (exact) mass is 353 g/mol. The molecule has 3 aromatic rings. The molecule has 3 aromatic heterocycles. The van der Waals surface area contributed by atoms with Gasteiger partial charge in [0.05, 0.1) is 36.3 Å². The number of rotatable bonds is 5. The fourth-order valence-corrected chi connectivity index (χ4v) is 3.32. The first-order valence-electron chi connectivity index (χ1n) is 8.85. The highest BCUT2D eigenvalue weighted by molar-refractivity contribution is 5.09. The highest BCUT2D eigenvalue weighted by Crippen LogP contribution is 2.17. The molecule has 1 aliphatic heterocycles.